The summed E-state index contributed by atoms with van der Waals surface area (Å²) < 4.78 is 5.39. The second-order valence-electron chi connectivity index (χ2n) is 2.87. The van der Waals surface area contributed by atoms with E-state index < -0.39 is 0 Å². The molecule has 0 saturated carbocycles. The molecular formula is C11H17NO. The van der Waals surface area contributed by atoms with E-state index >= 15 is 0 Å². The van der Waals surface area contributed by atoms with Gasteiger partial charge in [0, 0.05) is 11.3 Å². The summed E-state index contributed by atoms with van der Waals surface area (Å²) in [5, 5.41) is 0. The lowest BCUT2D eigenvalue weighted by Crippen LogP contribution is -2.09. The lowest BCUT2D eigenvalue weighted by Gasteiger charge is -2.15. The Morgan fingerprint density at radius 2 is 2.08 bits per heavy atom. The zero-order valence-corrected chi connectivity index (χ0v) is 8.63. The normalized spacial score (nSPS) is 13.5. The van der Waals surface area contributed by atoms with Gasteiger partial charge in [-0.1, -0.05) is 19.9 Å². The van der Waals surface area contributed by atoms with Gasteiger partial charge in [-0.3, -0.25) is 0 Å². The quantitative estimate of drug-likeness (QED) is 0.611. The third-order valence-corrected chi connectivity index (χ3v) is 1.91. The van der Waals surface area contributed by atoms with Gasteiger partial charge >= 0.3 is 0 Å². The molecule has 0 fully saturated rings. The van der Waals surface area contributed by atoms with Gasteiger partial charge in [-0.05, 0) is 25.8 Å². The molecule has 13 heavy (non-hydrogen) atoms. The van der Waals surface area contributed by atoms with Crippen LogP contribution in [0.25, 0.3) is 0 Å². The maximum absolute atomic E-state index is 5.39. The van der Waals surface area contributed by atoms with Gasteiger partial charge in [-0.15, -0.1) is 0 Å². The first-order valence-corrected chi connectivity index (χ1v) is 4.95. The van der Waals surface area contributed by atoms with E-state index in [1.807, 2.05) is 26.8 Å². The van der Waals surface area contributed by atoms with Gasteiger partial charge in [-0.25, -0.2) is 4.98 Å². The van der Waals surface area contributed by atoms with Gasteiger partial charge in [-0.2, -0.15) is 0 Å². The Hall–Kier alpha value is -1.05. The first-order chi connectivity index (χ1) is 6.36. The molecule has 2 heteroatoms. The molecule has 1 aromatic rings. The number of hydrogen-bond acceptors (Lipinski definition) is 2. The molecule has 2 rings (SSSR count). The van der Waals surface area contributed by atoms with Crippen molar-refractivity contribution < 1.29 is 4.74 Å². The van der Waals surface area contributed by atoms with Crippen molar-refractivity contribution in [1.29, 1.82) is 0 Å². The van der Waals surface area contributed by atoms with Crippen molar-refractivity contribution in [3.63, 3.8) is 0 Å². The molecule has 0 aliphatic carbocycles. The van der Waals surface area contributed by atoms with Gasteiger partial charge in [0.1, 0.15) is 0 Å². The van der Waals surface area contributed by atoms with Crippen LogP contribution >= 0.6 is 0 Å². The van der Waals surface area contributed by atoms with E-state index in [0.29, 0.717) is 0 Å². The summed E-state index contributed by atoms with van der Waals surface area (Å²) in [6.45, 7) is 6.81. The maximum Gasteiger partial charge on any atom is 0.216 e. The first-order valence-electron chi connectivity index (χ1n) is 4.95. The molecule has 2 heterocycles. The standard InChI is InChI=1S/C9H11NO.C2H6/c1-7-4-5-8-3-2-6-11-9(8)10-7;1-2/h4-5H,2-3,6H2,1H3;1-2H3. The fourth-order valence-electron chi connectivity index (χ4n) is 1.31. The summed E-state index contributed by atoms with van der Waals surface area (Å²) in [6, 6.07) is 4.14. The van der Waals surface area contributed by atoms with Crippen molar-refractivity contribution in [1.82, 2.24) is 4.98 Å². The first kappa shape index (κ1) is 10.0. The number of nitrogens with zero attached hydrogens (tertiary/aromatic N) is 1. The van der Waals surface area contributed by atoms with Crippen LogP contribution in [0.1, 0.15) is 31.5 Å². The molecule has 0 atom stereocenters. The minimum Gasteiger partial charge on any atom is -0.477 e. The number of fused-ring (bicyclic) bond motifs is 1. The number of aryl methyl sites for hydroxylation is 2. The predicted octanol–water partition coefficient (Wildman–Crippen LogP) is 2.74. The van der Waals surface area contributed by atoms with E-state index in [2.05, 4.69) is 11.1 Å². The number of hydrogen-bond donors (Lipinski definition) is 0. The minimum absolute atomic E-state index is 0.823. The monoisotopic (exact) mass is 179 g/mol. The second-order valence-corrected chi connectivity index (χ2v) is 2.87. The second kappa shape index (κ2) is 4.85. The summed E-state index contributed by atoms with van der Waals surface area (Å²) in [4.78, 5) is 4.29. The van der Waals surface area contributed by atoms with Gasteiger partial charge in [0.05, 0.1) is 6.61 Å². The van der Waals surface area contributed by atoms with Crippen LogP contribution in [0.5, 0.6) is 5.88 Å². The van der Waals surface area contributed by atoms with Gasteiger partial charge in [0.2, 0.25) is 5.88 Å². The van der Waals surface area contributed by atoms with E-state index in [9.17, 15) is 0 Å². The lowest BCUT2D eigenvalue weighted by atomic mass is 10.1. The third kappa shape index (κ3) is 2.44. The Bertz CT molecular complexity index is 271. The van der Waals surface area contributed by atoms with E-state index in [-0.39, 0.29) is 0 Å². The molecule has 0 bridgehead atoms. The molecule has 0 N–H and O–H groups in total. The lowest BCUT2D eigenvalue weighted by molar-refractivity contribution is 0.275. The summed E-state index contributed by atoms with van der Waals surface area (Å²) in [5.41, 5.74) is 2.28. The zero-order chi connectivity index (χ0) is 9.68. The Labute approximate surface area is 80.0 Å². The van der Waals surface area contributed by atoms with Crippen LogP contribution in [0, 0.1) is 6.92 Å². The maximum atomic E-state index is 5.39. The number of pyridine rings is 1. The van der Waals surface area contributed by atoms with Crippen LogP contribution < -0.4 is 4.74 Å². The Kier molecular flexibility index (Phi) is 3.74. The molecule has 0 saturated heterocycles. The van der Waals surface area contributed by atoms with Crippen LogP contribution in [-0.4, -0.2) is 11.6 Å². The van der Waals surface area contributed by atoms with Gasteiger partial charge < -0.3 is 4.74 Å². The van der Waals surface area contributed by atoms with Crippen molar-refractivity contribution in [2.45, 2.75) is 33.6 Å². The van der Waals surface area contributed by atoms with Crippen LogP contribution in [0.4, 0.5) is 0 Å². The number of rotatable bonds is 0. The third-order valence-electron chi connectivity index (χ3n) is 1.91. The molecule has 0 radical (unpaired) electrons. The minimum atomic E-state index is 0.823. The van der Waals surface area contributed by atoms with Crippen molar-refractivity contribution in [3.8, 4) is 5.88 Å². The Balaban J connectivity index is 0.000000396. The largest absolute Gasteiger partial charge is 0.477 e. The SMILES string of the molecule is CC.Cc1ccc2c(n1)OCCC2. The molecule has 0 amide bonds. The highest BCUT2D eigenvalue weighted by Gasteiger charge is 2.10. The van der Waals surface area contributed by atoms with Crippen molar-refractivity contribution in [2.75, 3.05) is 6.61 Å². The van der Waals surface area contributed by atoms with Crippen LogP contribution in [0.3, 0.4) is 0 Å². The van der Waals surface area contributed by atoms with Crippen LogP contribution in [0.15, 0.2) is 12.1 Å². The average molecular weight is 179 g/mol. The zero-order valence-electron chi connectivity index (χ0n) is 8.63. The molecule has 1 aromatic heterocycles. The molecule has 2 nitrogen and oxygen atoms in total. The summed E-state index contributed by atoms with van der Waals surface area (Å²) in [6.07, 6.45) is 2.24. The van der Waals surface area contributed by atoms with Crippen LogP contribution in [0.2, 0.25) is 0 Å². The van der Waals surface area contributed by atoms with E-state index in [1.54, 1.807) is 0 Å². The molecular weight excluding hydrogens is 162 g/mol. The van der Waals surface area contributed by atoms with Crippen LogP contribution in [-0.2, 0) is 6.42 Å². The van der Waals surface area contributed by atoms with Crippen molar-refractivity contribution >= 4 is 0 Å². The summed E-state index contributed by atoms with van der Waals surface area (Å²) >= 11 is 0. The predicted molar refractivity (Wildman–Crippen MR) is 54.1 cm³/mol. The molecule has 0 aromatic carbocycles. The fraction of sp³-hybridized carbons (Fsp3) is 0.545. The highest BCUT2D eigenvalue weighted by Crippen LogP contribution is 2.21. The molecule has 0 spiro atoms. The van der Waals surface area contributed by atoms with Crippen molar-refractivity contribution in [3.05, 3.63) is 23.4 Å². The highest BCUT2D eigenvalue weighted by atomic mass is 16.5. The summed E-state index contributed by atoms with van der Waals surface area (Å²) in [7, 11) is 0. The van der Waals surface area contributed by atoms with E-state index in [1.165, 1.54) is 5.56 Å². The molecule has 1 aliphatic heterocycles. The topological polar surface area (TPSA) is 22.1 Å². The Morgan fingerprint density at radius 3 is 2.85 bits per heavy atom. The molecule has 72 valence electrons. The van der Waals surface area contributed by atoms with Gasteiger partial charge in [0.25, 0.3) is 0 Å². The van der Waals surface area contributed by atoms with E-state index in [0.717, 1.165) is 31.0 Å². The van der Waals surface area contributed by atoms with Crippen molar-refractivity contribution in [2.24, 2.45) is 0 Å². The number of ether oxygens (including phenoxy) is 1. The molecule has 1 aliphatic rings. The average Bonchev–Trinajstić information content (AvgIpc) is 2.21. The van der Waals surface area contributed by atoms with Gasteiger partial charge in [0.15, 0.2) is 0 Å². The smallest absolute Gasteiger partial charge is 0.216 e. The van der Waals surface area contributed by atoms with E-state index in [4.69, 9.17) is 4.74 Å². The Morgan fingerprint density at radius 1 is 1.31 bits per heavy atom. The summed E-state index contributed by atoms with van der Waals surface area (Å²) in [5.74, 6) is 0.844. The highest BCUT2D eigenvalue weighted by molar-refractivity contribution is 5.29. The fourth-order valence-corrected chi connectivity index (χ4v) is 1.31. The molecule has 0 unspecified atom stereocenters. The number of aromatic nitrogens is 1.